The molecule has 0 radical (unpaired) electrons. The van der Waals surface area contributed by atoms with E-state index in [2.05, 4.69) is 5.32 Å². The van der Waals surface area contributed by atoms with Crippen molar-refractivity contribution >= 4 is 11.8 Å². The summed E-state index contributed by atoms with van der Waals surface area (Å²) in [5, 5.41) is 2.87. The van der Waals surface area contributed by atoms with Gasteiger partial charge in [-0.15, -0.1) is 0 Å². The third-order valence-corrected chi connectivity index (χ3v) is 4.71. The standard InChI is InChI=1S/C16H19FN2O3/c1-22-14-11(3-2-4-12(14)17)15(21)19-7-5-16(6-8-19)9-13(20)18-10-16/h2-4H,5-10H2,1H3,(H,18,20). The first-order valence-corrected chi connectivity index (χ1v) is 7.43. The number of amides is 2. The maximum absolute atomic E-state index is 13.7. The van der Waals surface area contributed by atoms with Crippen LogP contribution in [0.5, 0.6) is 5.75 Å². The summed E-state index contributed by atoms with van der Waals surface area (Å²) in [6.07, 6.45) is 2.11. The fraction of sp³-hybridized carbons (Fsp3) is 0.500. The van der Waals surface area contributed by atoms with Gasteiger partial charge in [0, 0.05) is 26.1 Å². The Bertz CT molecular complexity index is 609. The van der Waals surface area contributed by atoms with Crippen molar-refractivity contribution in [3.8, 4) is 5.75 Å². The second-order valence-electron chi connectivity index (χ2n) is 6.07. The normalized spacial score (nSPS) is 20.1. The predicted molar refractivity (Wildman–Crippen MR) is 78.1 cm³/mol. The summed E-state index contributed by atoms with van der Waals surface area (Å²) in [5.74, 6) is -0.673. The van der Waals surface area contributed by atoms with Gasteiger partial charge >= 0.3 is 0 Å². The molecule has 0 atom stereocenters. The minimum Gasteiger partial charge on any atom is -0.493 e. The predicted octanol–water partition coefficient (Wildman–Crippen LogP) is 1.58. The number of halogens is 1. The van der Waals surface area contributed by atoms with Gasteiger partial charge < -0.3 is 15.0 Å². The molecule has 1 spiro atoms. The van der Waals surface area contributed by atoms with Gasteiger partial charge in [-0.3, -0.25) is 9.59 Å². The zero-order valence-electron chi connectivity index (χ0n) is 12.5. The monoisotopic (exact) mass is 306 g/mol. The van der Waals surface area contributed by atoms with E-state index in [0.29, 0.717) is 26.1 Å². The molecule has 2 amide bonds. The van der Waals surface area contributed by atoms with Crippen LogP contribution in [0.25, 0.3) is 0 Å². The average Bonchev–Trinajstić information content (AvgIpc) is 2.88. The molecule has 6 heteroatoms. The van der Waals surface area contributed by atoms with E-state index in [1.54, 1.807) is 11.0 Å². The summed E-state index contributed by atoms with van der Waals surface area (Å²) >= 11 is 0. The lowest BCUT2D eigenvalue weighted by Crippen LogP contribution is -2.44. The van der Waals surface area contributed by atoms with Crippen molar-refractivity contribution in [1.82, 2.24) is 10.2 Å². The lowest BCUT2D eigenvalue weighted by molar-refractivity contribution is -0.119. The van der Waals surface area contributed by atoms with Crippen molar-refractivity contribution in [3.05, 3.63) is 29.6 Å². The molecule has 2 fully saturated rings. The molecule has 118 valence electrons. The number of para-hydroxylation sites is 1. The van der Waals surface area contributed by atoms with Crippen LogP contribution in [-0.2, 0) is 4.79 Å². The third kappa shape index (κ3) is 2.53. The second-order valence-corrected chi connectivity index (χ2v) is 6.07. The van der Waals surface area contributed by atoms with Crippen LogP contribution in [-0.4, -0.2) is 43.5 Å². The van der Waals surface area contributed by atoms with Crippen molar-refractivity contribution in [2.24, 2.45) is 5.41 Å². The fourth-order valence-electron chi connectivity index (χ4n) is 3.34. The number of ether oxygens (including phenoxy) is 1. The highest BCUT2D eigenvalue weighted by Gasteiger charge is 2.42. The number of carbonyl (C=O) groups is 2. The Balaban J connectivity index is 1.73. The van der Waals surface area contributed by atoms with Gasteiger partial charge in [0.1, 0.15) is 0 Å². The summed E-state index contributed by atoms with van der Waals surface area (Å²) < 4.78 is 18.7. The summed E-state index contributed by atoms with van der Waals surface area (Å²) in [4.78, 5) is 25.7. The molecular weight excluding hydrogens is 287 g/mol. The Hall–Kier alpha value is -2.11. The first-order chi connectivity index (χ1) is 10.5. The van der Waals surface area contributed by atoms with Crippen LogP contribution in [0.3, 0.4) is 0 Å². The molecule has 0 aliphatic carbocycles. The first kappa shape index (κ1) is 14.8. The Morgan fingerprint density at radius 2 is 2.09 bits per heavy atom. The average molecular weight is 306 g/mol. The van der Waals surface area contributed by atoms with Gasteiger partial charge in [-0.25, -0.2) is 4.39 Å². The van der Waals surface area contributed by atoms with Crippen LogP contribution in [0.1, 0.15) is 29.6 Å². The second kappa shape index (κ2) is 5.59. The molecule has 1 N–H and O–H groups in total. The maximum Gasteiger partial charge on any atom is 0.257 e. The molecule has 2 aliphatic heterocycles. The number of nitrogens with zero attached hydrogens (tertiary/aromatic N) is 1. The van der Waals surface area contributed by atoms with E-state index in [0.717, 1.165) is 12.8 Å². The topological polar surface area (TPSA) is 58.6 Å². The van der Waals surface area contributed by atoms with Gasteiger partial charge in [0.2, 0.25) is 5.91 Å². The lowest BCUT2D eigenvalue weighted by atomic mass is 9.77. The Kier molecular flexibility index (Phi) is 3.76. The van der Waals surface area contributed by atoms with Gasteiger partial charge in [0.05, 0.1) is 12.7 Å². The molecular formula is C16H19FN2O3. The number of piperidine rings is 1. The molecule has 0 aromatic heterocycles. The maximum atomic E-state index is 13.7. The van der Waals surface area contributed by atoms with Crippen molar-refractivity contribution in [1.29, 1.82) is 0 Å². The van der Waals surface area contributed by atoms with Crippen molar-refractivity contribution in [2.75, 3.05) is 26.7 Å². The molecule has 0 unspecified atom stereocenters. The molecule has 2 heterocycles. The SMILES string of the molecule is COc1c(F)cccc1C(=O)N1CCC2(CC1)CNC(=O)C2. The summed E-state index contributed by atoms with van der Waals surface area (Å²) in [6.45, 7) is 1.85. The molecule has 3 rings (SSSR count). The molecule has 2 saturated heterocycles. The zero-order valence-corrected chi connectivity index (χ0v) is 12.5. The smallest absolute Gasteiger partial charge is 0.257 e. The fourth-order valence-corrected chi connectivity index (χ4v) is 3.34. The van der Waals surface area contributed by atoms with Gasteiger partial charge in [-0.1, -0.05) is 6.07 Å². The molecule has 2 aliphatic rings. The van der Waals surface area contributed by atoms with E-state index < -0.39 is 5.82 Å². The van der Waals surface area contributed by atoms with Crippen LogP contribution in [0, 0.1) is 11.2 Å². The number of hydrogen-bond donors (Lipinski definition) is 1. The lowest BCUT2D eigenvalue weighted by Gasteiger charge is -2.38. The Morgan fingerprint density at radius 1 is 1.36 bits per heavy atom. The zero-order chi connectivity index (χ0) is 15.7. The number of nitrogens with one attached hydrogen (secondary N) is 1. The van der Waals surface area contributed by atoms with Crippen LogP contribution in [0.2, 0.25) is 0 Å². The molecule has 1 aromatic carbocycles. The van der Waals surface area contributed by atoms with E-state index >= 15 is 0 Å². The van der Waals surface area contributed by atoms with E-state index in [9.17, 15) is 14.0 Å². The molecule has 1 aromatic rings. The Labute approximate surface area is 128 Å². The van der Waals surface area contributed by atoms with Crippen molar-refractivity contribution in [2.45, 2.75) is 19.3 Å². The van der Waals surface area contributed by atoms with E-state index in [1.807, 2.05) is 0 Å². The van der Waals surface area contributed by atoms with Gasteiger partial charge in [0.15, 0.2) is 11.6 Å². The molecule has 0 saturated carbocycles. The van der Waals surface area contributed by atoms with E-state index in [1.165, 1.54) is 19.2 Å². The van der Waals surface area contributed by atoms with Gasteiger partial charge in [0.25, 0.3) is 5.91 Å². The van der Waals surface area contributed by atoms with Gasteiger partial charge in [-0.2, -0.15) is 0 Å². The quantitative estimate of drug-likeness (QED) is 0.902. The Morgan fingerprint density at radius 3 is 2.68 bits per heavy atom. The first-order valence-electron chi connectivity index (χ1n) is 7.43. The van der Waals surface area contributed by atoms with Crippen molar-refractivity contribution < 1.29 is 18.7 Å². The number of hydrogen-bond acceptors (Lipinski definition) is 3. The highest BCUT2D eigenvalue weighted by Crippen LogP contribution is 2.38. The highest BCUT2D eigenvalue weighted by molar-refractivity contribution is 5.97. The summed E-state index contributed by atoms with van der Waals surface area (Å²) in [6, 6.07) is 4.36. The molecule has 0 bridgehead atoms. The van der Waals surface area contributed by atoms with Crippen LogP contribution in [0.4, 0.5) is 4.39 Å². The van der Waals surface area contributed by atoms with E-state index in [-0.39, 0.29) is 28.5 Å². The molecule has 22 heavy (non-hydrogen) atoms. The van der Waals surface area contributed by atoms with Crippen molar-refractivity contribution in [3.63, 3.8) is 0 Å². The summed E-state index contributed by atoms with van der Waals surface area (Å²) in [5.41, 5.74) is 0.235. The van der Waals surface area contributed by atoms with E-state index in [4.69, 9.17) is 4.74 Å². The highest BCUT2D eigenvalue weighted by atomic mass is 19.1. The van der Waals surface area contributed by atoms with Crippen LogP contribution in [0.15, 0.2) is 18.2 Å². The van der Waals surface area contributed by atoms with Crippen LogP contribution >= 0.6 is 0 Å². The van der Waals surface area contributed by atoms with Crippen LogP contribution < -0.4 is 10.1 Å². The molecule has 5 nitrogen and oxygen atoms in total. The number of benzene rings is 1. The largest absolute Gasteiger partial charge is 0.493 e. The minimum atomic E-state index is -0.535. The number of rotatable bonds is 2. The summed E-state index contributed by atoms with van der Waals surface area (Å²) in [7, 11) is 1.36. The van der Waals surface area contributed by atoms with Gasteiger partial charge in [-0.05, 0) is 30.4 Å². The minimum absolute atomic E-state index is 0.00880. The number of carbonyl (C=O) groups excluding carboxylic acids is 2. The number of methoxy groups -OCH3 is 1. The third-order valence-electron chi connectivity index (χ3n) is 4.71. The number of likely N-dealkylation sites (tertiary alicyclic amines) is 1.